The molecule has 2 heterocycles. The van der Waals surface area contributed by atoms with Crippen LogP contribution in [0.4, 0.5) is 11.4 Å². The Balaban J connectivity index is 1.61. The van der Waals surface area contributed by atoms with E-state index in [1.807, 2.05) is 18.2 Å². The number of hydrogen-bond acceptors (Lipinski definition) is 4. The van der Waals surface area contributed by atoms with E-state index in [1.54, 1.807) is 0 Å². The fourth-order valence-electron chi connectivity index (χ4n) is 5.01. The summed E-state index contributed by atoms with van der Waals surface area (Å²) in [4.78, 5) is 20.5. The van der Waals surface area contributed by atoms with E-state index in [-0.39, 0.29) is 11.4 Å². The van der Waals surface area contributed by atoms with Crippen molar-refractivity contribution in [2.24, 2.45) is 4.99 Å². The van der Waals surface area contributed by atoms with Crippen molar-refractivity contribution >= 4 is 40.3 Å². The SMILES string of the molecule is CCCN1c2ccc(/C=C3/SC(=Nc4cc(C)cc(C)c4)NC3=O)cc2C(C)CC1(C)C. The van der Waals surface area contributed by atoms with Gasteiger partial charge in [-0.1, -0.05) is 26.0 Å². The van der Waals surface area contributed by atoms with Crippen molar-refractivity contribution in [3.05, 3.63) is 63.6 Å². The number of benzene rings is 2. The number of carbonyl (C=O) groups is 1. The van der Waals surface area contributed by atoms with Crippen LogP contribution in [0, 0.1) is 13.8 Å². The van der Waals surface area contributed by atoms with Crippen LogP contribution in [0.1, 0.15) is 68.7 Å². The molecule has 1 saturated heterocycles. The molecule has 0 radical (unpaired) electrons. The lowest BCUT2D eigenvalue weighted by molar-refractivity contribution is -0.115. The molecule has 2 aliphatic heterocycles. The van der Waals surface area contributed by atoms with E-state index >= 15 is 0 Å². The maximum atomic E-state index is 12.6. The number of carbonyl (C=O) groups excluding carboxylic acids is 1. The molecule has 32 heavy (non-hydrogen) atoms. The Morgan fingerprint density at radius 1 is 1.19 bits per heavy atom. The predicted molar refractivity (Wildman–Crippen MR) is 138 cm³/mol. The first-order valence-corrected chi connectivity index (χ1v) is 12.3. The molecule has 0 aliphatic carbocycles. The van der Waals surface area contributed by atoms with E-state index < -0.39 is 0 Å². The molecule has 0 bridgehead atoms. The zero-order valence-corrected chi connectivity index (χ0v) is 20.8. The van der Waals surface area contributed by atoms with Gasteiger partial charge in [0, 0.05) is 17.8 Å². The molecule has 1 fully saturated rings. The van der Waals surface area contributed by atoms with Crippen LogP contribution in [0.15, 0.2) is 46.3 Å². The normalized spacial score (nSPS) is 22.4. The Bertz CT molecular complexity index is 1100. The summed E-state index contributed by atoms with van der Waals surface area (Å²) in [6.07, 6.45) is 4.24. The summed E-state index contributed by atoms with van der Waals surface area (Å²) in [5.41, 5.74) is 7.13. The molecule has 1 unspecified atom stereocenters. The molecular weight excluding hydrogens is 414 g/mol. The number of amidine groups is 1. The average Bonchev–Trinajstić information content (AvgIpc) is 3.02. The van der Waals surface area contributed by atoms with Gasteiger partial charge in [0.05, 0.1) is 10.6 Å². The number of fused-ring (bicyclic) bond motifs is 1. The molecule has 168 valence electrons. The molecule has 2 aromatic carbocycles. The van der Waals surface area contributed by atoms with Crippen LogP contribution in [0.3, 0.4) is 0 Å². The van der Waals surface area contributed by atoms with Crippen molar-refractivity contribution in [1.82, 2.24) is 5.32 Å². The van der Waals surface area contributed by atoms with Crippen molar-refractivity contribution in [3.8, 4) is 0 Å². The minimum Gasteiger partial charge on any atom is -0.366 e. The van der Waals surface area contributed by atoms with Gasteiger partial charge in [0.2, 0.25) is 0 Å². The fraction of sp³-hybridized carbons (Fsp3) is 0.407. The number of aliphatic imine (C=N–C) groups is 1. The van der Waals surface area contributed by atoms with Crippen LogP contribution in [0.2, 0.25) is 0 Å². The van der Waals surface area contributed by atoms with Gasteiger partial charge in [-0.25, -0.2) is 4.99 Å². The number of amides is 1. The highest BCUT2D eigenvalue weighted by atomic mass is 32.2. The molecule has 4 rings (SSSR count). The largest absolute Gasteiger partial charge is 0.366 e. The average molecular weight is 448 g/mol. The molecular formula is C27H33N3OS. The number of nitrogens with one attached hydrogen (secondary N) is 1. The van der Waals surface area contributed by atoms with Gasteiger partial charge in [-0.2, -0.15) is 0 Å². The number of nitrogens with zero attached hydrogens (tertiary/aromatic N) is 2. The first kappa shape index (κ1) is 22.7. The van der Waals surface area contributed by atoms with Crippen molar-refractivity contribution in [1.29, 1.82) is 0 Å². The Hall–Kier alpha value is -2.53. The molecule has 5 heteroatoms. The summed E-state index contributed by atoms with van der Waals surface area (Å²) >= 11 is 1.41. The van der Waals surface area contributed by atoms with Gasteiger partial charge >= 0.3 is 0 Å². The van der Waals surface area contributed by atoms with E-state index in [0.29, 0.717) is 16.0 Å². The van der Waals surface area contributed by atoms with Gasteiger partial charge in [0.1, 0.15) is 0 Å². The number of hydrogen-bond donors (Lipinski definition) is 1. The Kier molecular flexibility index (Phi) is 6.22. The highest BCUT2D eigenvalue weighted by Crippen LogP contribution is 2.44. The number of aryl methyl sites for hydroxylation is 2. The summed E-state index contributed by atoms with van der Waals surface area (Å²) in [7, 11) is 0. The monoisotopic (exact) mass is 447 g/mol. The third-order valence-electron chi connectivity index (χ3n) is 6.24. The quantitative estimate of drug-likeness (QED) is 0.531. The van der Waals surface area contributed by atoms with E-state index in [4.69, 9.17) is 0 Å². The van der Waals surface area contributed by atoms with E-state index in [1.165, 1.54) is 23.0 Å². The molecule has 1 atom stereocenters. The molecule has 0 saturated carbocycles. The summed E-state index contributed by atoms with van der Waals surface area (Å²) in [6, 6.07) is 12.8. The van der Waals surface area contributed by atoms with E-state index in [9.17, 15) is 4.79 Å². The molecule has 2 aliphatic rings. The third-order valence-corrected chi connectivity index (χ3v) is 7.15. The lowest BCUT2D eigenvalue weighted by Gasteiger charge is -2.47. The van der Waals surface area contributed by atoms with Crippen molar-refractivity contribution in [2.45, 2.75) is 65.8 Å². The van der Waals surface area contributed by atoms with Gasteiger partial charge in [-0.3, -0.25) is 4.79 Å². The smallest absolute Gasteiger partial charge is 0.264 e. The minimum atomic E-state index is -0.0855. The predicted octanol–water partition coefficient (Wildman–Crippen LogP) is 6.70. The lowest BCUT2D eigenvalue weighted by atomic mass is 9.79. The molecule has 1 amide bonds. The first-order valence-electron chi connectivity index (χ1n) is 11.5. The van der Waals surface area contributed by atoms with Gasteiger partial charge < -0.3 is 10.2 Å². The molecule has 2 aromatic rings. The van der Waals surface area contributed by atoms with Crippen molar-refractivity contribution < 1.29 is 4.79 Å². The lowest BCUT2D eigenvalue weighted by Crippen LogP contribution is -2.48. The second kappa shape index (κ2) is 8.78. The summed E-state index contributed by atoms with van der Waals surface area (Å²) in [5, 5.41) is 3.55. The van der Waals surface area contributed by atoms with Crippen molar-refractivity contribution in [2.75, 3.05) is 11.4 Å². The van der Waals surface area contributed by atoms with E-state index in [0.717, 1.165) is 41.8 Å². The highest BCUT2D eigenvalue weighted by Gasteiger charge is 2.35. The van der Waals surface area contributed by atoms with Gasteiger partial charge in [-0.15, -0.1) is 0 Å². The van der Waals surface area contributed by atoms with Crippen LogP contribution in [-0.4, -0.2) is 23.2 Å². The summed E-state index contributed by atoms with van der Waals surface area (Å²) in [5.74, 6) is 0.399. The molecule has 0 aromatic heterocycles. The zero-order valence-electron chi connectivity index (χ0n) is 20.0. The highest BCUT2D eigenvalue weighted by molar-refractivity contribution is 8.18. The third kappa shape index (κ3) is 4.63. The number of thioether (sulfide) groups is 1. The summed E-state index contributed by atoms with van der Waals surface area (Å²) < 4.78 is 0. The Morgan fingerprint density at radius 2 is 1.91 bits per heavy atom. The maximum absolute atomic E-state index is 12.6. The second-order valence-electron chi connectivity index (χ2n) is 9.72. The van der Waals surface area contributed by atoms with Crippen LogP contribution < -0.4 is 10.2 Å². The second-order valence-corrected chi connectivity index (χ2v) is 10.7. The number of anilines is 1. The van der Waals surface area contributed by atoms with Crippen LogP contribution in [0.25, 0.3) is 6.08 Å². The maximum Gasteiger partial charge on any atom is 0.264 e. The fourth-order valence-corrected chi connectivity index (χ4v) is 5.85. The van der Waals surface area contributed by atoms with Crippen LogP contribution >= 0.6 is 11.8 Å². The van der Waals surface area contributed by atoms with Gasteiger partial charge in [0.25, 0.3) is 5.91 Å². The topological polar surface area (TPSA) is 44.7 Å². The van der Waals surface area contributed by atoms with Gasteiger partial charge in [0.15, 0.2) is 5.17 Å². The standard InChI is InChI=1S/C27H33N3OS/c1-7-10-30-23-9-8-20(14-22(23)19(4)16-27(30,5)6)15-24-25(31)29-26(32-24)28-21-12-17(2)11-18(3)13-21/h8-9,11-15,19H,7,10,16H2,1-6H3,(H,28,29,31)/b24-15+. The molecule has 1 N–H and O–H groups in total. The van der Waals surface area contributed by atoms with Crippen LogP contribution in [0.5, 0.6) is 0 Å². The number of rotatable bonds is 4. The summed E-state index contributed by atoms with van der Waals surface area (Å²) in [6.45, 7) is 14.4. The van der Waals surface area contributed by atoms with Gasteiger partial charge in [-0.05, 0) is 111 Å². The minimum absolute atomic E-state index is 0.0855. The van der Waals surface area contributed by atoms with Crippen molar-refractivity contribution in [3.63, 3.8) is 0 Å². The molecule has 0 spiro atoms. The zero-order chi connectivity index (χ0) is 23.0. The Labute approximate surface area is 196 Å². The Morgan fingerprint density at radius 3 is 2.59 bits per heavy atom. The molecule has 4 nitrogen and oxygen atoms in total. The van der Waals surface area contributed by atoms with E-state index in [2.05, 4.69) is 81.0 Å². The first-order chi connectivity index (χ1) is 15.2. The van der Waals surface area contributed by atoms with Crippen LogP contribution in [-0.2, 0) is 4.79 Å².